The molecule has 1 atom stereocenters. The Balaban J connectivity index is 1.45. The van der Waals surface area contributed by atoms with Gasteiger partial charge in [-0.25, -0.2) is 0 Å². The predicted octanol–water partition coefficient (Wildman–Crippen LogP) is 5.21. The molecular weight excluding hydrogens is 352 g/mol. The zero-order valence-corrected chi connectivity index (χ0v) is 15.1. The summed E-state index contributed by atoms with van der Waals surface area (Å²) in [6.07, 6.45) is 2.74. The van der Waals surface area contributed by atoms with E-state index in [4.69, 9.17) is 8.94 Å². The molecule has 4 aromatic rings. The quantitative estimate of drug-likeness (QED) is 0.496. The van der Waals surface area contributed by atoms with E-state index in [2.05, 4.69) is 39.0 Å². The van der Waals surface area contributed by atoms with Gasteiger partial charge >= 0.3 is 0 Å². The monoisotopic (exact) mass is 368 g/mol. The van der Waals surface area contributed by atoms with Crippen LogP contribution in [-0.4, -0.2) is 16.6 Å². The topological polar surface area (TPSA) is 42.4 Å². The highest BCUT2D eigenvalue weighted by Crippen LogP contribution is 2.40. The summed E-state index contributed by atoms with van der Waals surface area (Å²) in [7, 11) is 0. The van der Waals surface area contributed by atoms with Gasteiger partial charge in [0.1, 0.15) is 0 Å². The standard InChI is InChI=1S/C19H16N2O2S2/c1-3-15(22-8-1)16-11-13(20-23-16)12-21-7-5-17-14(6-10-25-17)19(21)18-4-2-9-24-18/h1-4,6,8-11,19H,5,7,12H2. The Morgan fingerprint density at radius 2 is 2.12 bits per heavy atom. The molecule has 0 saturated carbocycles. The molecule has 4 nitrogen and oxygen atoms in total. The van der Waals surface area contributed by atoms with Crippen molar-refractivity contribution in [2.75, 3.05) is 6.54 Å². The smallest absolute Gasteiger partial charge is 0.202 e. The summed E-state index contributed by atoms with van der Waals surface area (Å²) in [4.78, 5) is 5.38. The molecule has 0 amide bonds. The maximum absolute atomic E-state index is 5.47. The summed E-state index contributed by atoms with van der Waals surface area (Å²) < 4.78 is 10.9. The van der Waals surface area contributed by atoms with Crippen LogP contribution in [0.25, 0.3) is 11.5 Å². The molecule has 1 aliphatic rings. The van der Waals surface area contributed by atoms with E-state index in [1.807, 2.05) is 40.9 Å². The van der Waals surface area contributed by atoms with Gasteiger partial charge in [0.25, 0.3) is 0 Å². The lowest BCUT2D eigenvalue weighted by Gasteiger charge is -2.34. The van der Waals surface area contributed by atoms with Crippen LogP contribution in [-0.2, 0) is 13.0 Å². The Kier molecular flexibility index (Phi) is 3.81. The lowest BCUT2D eigenvalue weighted by molar-refractivity contribution is 0.203. The molecule has 0 bridgehead atoms. The van der Waals surface area contributed by atoms with Gasteiger partial charge in [0.2, 0.25) is 5.76 Å². The number of hydrogen-bond donors (Lipinski definition) is 0. The SMILES string of the molecule is c1coc(-c2cc(CN3CCc4sccc4C3c3cccs3)no2)c1. The Bertz CT molecular complexity index is 954. The van der Waals surface area contributed by atoms with Crippen LogP contribution in [0.5, 0.6) is 0 Å². The van der Waals surface area contributed by atoms with Gasteiger partial charge in [-0.2, -0.15) is 0 Å². The van der Waals surface area contributed by atoms with Gasteiger partial charge in [-0.05, 0) is 47.0 Å². The first-order chi connectivity index (χ1) is 12.4. The van der Waals surface area contributed by atoms with Crippen molar-refractivity contribution < 1.29 is 8.94 Å². The summed E-state index contributed by atoms with van der Waals surface area (Å²) in [5.41, 5.74) is 2.38. The molecule has 25 heavy (non-hydrogen) atoms. The number of rotatable bonds is 4. The van der Waals surface area contributed by atoms with Gasteiger partial charge in [0.05, 0.1) is 18.0 Å². The lowest BCUT2D eigenvalue weighted by atomic mass is 9.98. The summed E-state index contributed by atoms with van der Waals surface area (Å²) in [6, 6.07) is 12.7. The molecule has 6 heteroatoms. The molecule has 1 aliphatic heterocycles. The van der Waals surface area contributed by atoms with Crippen molar-refractivity contribution in [3.8, 4) is 11.5 Å². The molecule has 0 spiro atoms. The Hall–Kier alpha value is -2.15. The molecule has 126 valence electrons. The highest BCUT2D eigenvalue weighted by atomic mass is 32.1. The fourth-order valence-electron chi connectivity index (χ4n) is 3.45. The summed E-state index contributed by atoms with van der Waals surface area (Å²) in [6.45, 7) is 1.79. The lowest BCUT2D eigenvalue weighted by Crippen LogP contribution is -2.34. The zero-order chi connectivity index (χ0) is 16.6. The molecule has 5 heterocycles. The number of thiophene rings is 2. The third-order valence-corrected chi connectivity index (χ3v) is 6.49. The van der Waals surface area contributed by atoms with Gasteiger partial charge in [0.15, 0.2) is 5.76 Å². The van der Waals surface area contributed by atoms with Crippen molar-refractivity contribution in [2.24, 2.45) is 0 Å². The molecule has 0 saturated heterocycles. The molecule has 0 fully saturated rings. The number of aromatic nitrogens is 1. The van der Waals surface area contributed by atoms with Crippen molar-refractivity contribution >= 4 is 22.7 Å². The van der Waals surface area contributed by atoms with Crippen LogP contribution in [0.2, 0.25) is 0 Å². The Labute approximate surface area is 153 Å². The van der Waals surface area contributed by atoms with Crippen molar-refractivity contribution in [3.05, 3.63) is 74.4 Å². The average Bonchev–Trinajstić information content (AvgIpc) is 3.39. The van der Waals surface area contributed by atoms with Crippen molar-refractivity contribution in [3.63, 3.8) is 0 Å². The second-order valence-electron chi connectivity index (χ2n) is 6.10. The van der Waals surface area contributed by atoms with E-state index in [0.29, 0.717) is 17.6 Å². The molecule has 0 N–H and O–H groups in total. The van der Waals surface area contributed by atoms with Crippen molar-refractivity contribution in [1.82, 2.24) is 10.1 Å². The fourth-order valence-corrected chi connectivity index (χ4v) is 5.23. The Morgan fingerprint density at radius 1 is 1.12 bits per heavy atom. The number of nitrogens with zero attached hydrogens (tertiary/aromatic N) is 2. The van der Waals surface area contributed by atoms with Gasteiger partial charge in [-0.15, -0.1) is 22.7 Å². The van der Waals surface area contributed by atoms with E-state index in [1.165, 1.54) is 15.3 Å². The van der Waals surface area contributed by atoms with E-state index in [-0.39, 0.29) is 0 Å². The van der Waals surface area contributed by atoms with Gasteiger partial charge in [-0.1, -0.05) is 11.2 Å². The molecule has 0 aliphatic carbocycles. The number of hydrogen-bond acceptors (Lipinski definition) is 6. The average molecular weight is 368 g/mol. The summed E-state index contributed by atoms with van der Waals surface area (Å²) in [5.74, 6) is 1.40. The Morgan fingerprint density at radius 3 is 2.96 bits per heavy atom. The van der Waals surface area contributed by atoms with Gasteiger partial charge in [-0.3, -0.25) is 4.90 Å². The minimum atomic E-state index is 0.304. The second-order valence-corrected chi connectivity index (χ2v) is 8.08. The van der Waals surface area contributed by atoms with Crippen LogP contribution in [0.15, 0.2) is 62.4 Å². The fraction of sp³-hybridized carbons (Fsp3) is 0.211. The van der Waals surface area contributed by atoms with E-state index in [1.54, 1.807) is 6.26 Å². The normalized spacial score (nSPS) is 17.7. The molecule has 1 unspecified atom stereocenters. The summed E-state index contributed by atoms with van der Waals surface area (Å²) in [5, 5.41) is 8.62. The first-order valence-electron chi connectivity index (χ1n) is 8.21. The van der Waals surface area contributed by atoms with Crippen LogP contribution < -0.4 is 0 Å². The van der Waals surface area contributed by atoms with Crippen LogP contribution >= 0.6 is 22.7 Å². The maximum Gasteiger partial charge on any atom is 0.202 e. The van der Waals surface area contributed by atoms with Crippen LogP contribution in [0, 0.1) is 0 Å². The minimum absolute atomic E-state index is 0.304. The van der Waals surface area contributed by atoms with E-state index < -0.39 is 0 Å². The highest BCUT2D eigenvalue weighted by Gasteiger charge is 2.31. The van der Waals surface area contributed by atoms with E-state index >= 15 is 0 Å². The molecular formula is C19H16N2O2S2. The third kappa shape index (κ3) is 2.76. The highest BCUT2D eigenvalue weighted by molar-refractivity contribution is 7.10. The third-order valence-electron chi connectivity index (χ3n) is 4.57. The predicted molar refractivity (Wildman–Crippen MR) is 98.8 cm³/mol. The van der Waals surface area contributed by atoms with Crippen LogP contribution in [0.3, 0.4) is 0 Å². The molecule has 5 rings (SSSR count). The van der Waals surface area contributed by atoms with E-state index in [9.17, 15) is 0 Å². The molecule has 0 radical (unpaired) electrons. The minimum Gasteiger partial charge on any atom is -0.461 e. The molecule has 4 aromatic heterocycles. The largest absolute Gasteiger partial charge is 0.461 e. The number of furan rings is 1. The van der Waals surface area contributed by atoms with Crippen molar-refractivity contribution in [2.45, 2.75) is 19.0 Å². The second kappa shape index (κ2) is 6.29. The first-order valence-corrected chi connectivity index (χ1v) is 9.97. The molecule has 0 aromatic carbocycles. The van der Waals surface area contributed by atoms with Gasteiger partial charge in [0, 0.05) is 28.9 Å². The van der Waals surface area contributed by atoms with Crippen LogP contribution in [0.1, 0.15) is 27.1 Å². The first kappa shape index (κ1) is 15.1. The van der Waals surface area contributed by atoms with E-state index in [0.717, 1.165) is 25.2 Å². The van der Waals surface area contributed by atoms with Crippen LogP contribution in [0.4, 0.5) is 0 Å². The summed E-state index contributed by atoms with van der Waals surface area (Å²) >= 11 is 3.69. The van der Waals surface area contributed by atoms with Crippen molar-refractivity contribution in [1.29, 1.82) is 0 Å². The zero-order valence-electron chi connectivity index (χ0n) is 13.4. The van der Waals surface area contributed by atoms with Gasteiger partial charge < -0.3 is 8.94 Å². The number of fused-ring (bicyclic) bond motifs is 1. The maximum atomic E-state index is 5.47.